The summed E-state index contributed by atoms with van der Waals surface area (Å²) >= 11 is 0. The van der Waals surface area contributed by atoms with Crippen molar-refractivity contribution in [2.45, 2.75) is 26.9 Å². The van der Waals surface area contributed by atoms with Gasteiger partial charge in [0.1, 0.15) is 18.2 Å². The summed E-state index contributed by atoms with van der Waals surface area (Å²) in [7, 11) is -3.37. The van der Waals surface area contributed by atoms with Crippen molar-refractivity contribution in [1.82, 2.24) is 0 Å². The van der Waals surface area contributed by atoms with Crippen LogP contribution in [0.2, 0.25) is 0 Å². The molecule has 2 aromatic carbocycles. The number of hydrogen-bond donors (Lipinski definition) is 1. The molecule has 0 unspecified atom stereocenters. The van der Waals surface area contributed by atoms with Gasteiger partial charge in [-0.2, -0.15) is 0 Å². The molecule has 1 N–H and O–H groups in total. The average Bonchev–Trinajstić information content (AvgIpc) is 2.53. The molecule has 0 bridgehead atoms. The van der Waals surface area contributed by atoms with E-state index in [1.165, 1.54) is 12.1 Å². The van der Waals surface area contributed by atoms with E-state index in [-0.39, 0.29) is 18.2 Å². The van der Waals surface area contributed by atoms with E-state index in [0.717, 1.165) is 5.56 Å². The lowest BCUT2D eigenvalue weighted by Crippen LogP contribution is -2.17. The summed E-state index contributed by atoms with van der Waals surface area (Å²) in [5, 5.41) is 0. The Hall–Kier alpha value is -2.08. The Balaban J connectivity index is 1.97. The van der Waals surface area contributed by atoms with Gasteiger partial charge in [-0.25, -0.2) is 12.8 Å². The van der Waals surface area contributed by atoms with E-state index < -0.39 is 10.0 Å². The minimum absolute atomic E-state index is 0.0886. The first-order valence-corrected chi connectivity index (χ1v) is 9.47. The second-order valence-electron chi connectivity index (χ2n) is 6.05. The Morgan fingerprint density at radius 2 is 1.83 bits per heavy atom. The van der Waals surface area contributed by atoms with Gasteiger partial charge < -0.3 is 4.74 Å². The summed E-state index contributed by atoms with van der Waals surface area (Å²) in [6.45, 7) is 4.25. The van der Waals surface area contributed by atoms with Gasteiger partial charge in [-0.05, 0) is 42.2 Å². The van der Waals surface area contributed by atoms with Crippen molar-refractivity contribution in [3.63, 3.8) is 0 Å². The van der Waals surface area contributed by atoms with Crippen molar-refractivity contribution in [2.24, 2.45) is 5.92 Å². The molecule has 130 valence electrons. The molecule has 24 heavy (non-hydrogen) atoms. The normalized spacial score (nSPS) is 11.5. The molecule has 0 aliphatic heterocycles. The molecule has 0 heterocycles. The third kappa shape index (κ3) is 6.20. The van der Waals surface area contributed by atoms with E-state index in [1.54, 1.807) is 36.4 Å². The predicted molar refractivity (Wildman–Crippen MR) is 94.0 cm³/mol. The van der Waals surface area contributed by atoms with Crippen molar-refractivity contribution < 1.29 is 17.5 Å². The number of rotatable bonds is 8. The molecule has 0 aromatic heterocycles. The summed E-state index contributed by atoms with van der Waals surface area (Å²) in [6, 6.07) is 12.8. The lowest BCUT2D eigenvalue weighted by atomic mass is 10.2. The summed E-state index contributed by atoms with van der Waals surface area (Å²) in [4.78, 5) is 0. The summed E-state index contributed by atoms with van der Waals surface area (Å²) in [5.74, 6) is 0.664. The van der Waals surface area contributed by atoms with Crippen LogP contribution in [0.25, 0.3) is 0 Å². The number of sulfonamides is 1. The topological polar surface area (TPSA) is 55.4 Å². The van der Waals surface area contributed by atoms with Crippen LogP contribution in [0.5, 0.6) is 5.75 Å². The highest BCUT2D eigenvalue weighted by atomic mass is 32.2. The minimum Gasteiger partial charge on any atom is -0.489 e. The fourth-order valence-corrected chi connectivity index (χ4v) is 3.39. The van der Waals surface area contributed by atoms with Crippen LogP contribution < -0.4 is 9.46 Å². The van der Waals surface area contributed by atoms with Gasteiger partial charge >= 0.3 is 0 Å². The Bertz CT molecular complexity index is 758. The van der Waals surface area contributed by atoms with Crippen molar-refractivity contribution in [1.29, 1.82) is 0 Å². The number of ether oxygens (including phenoxy) is 1. The highest BCUT2D eigenvalue weighted by molar-refractivity contribution is 7.92. The SMILES string of the molecule is CC(C)CCS(=O)(=O)Nc1cccc(OCc2ccc(F)cc2)c1. The van der Waals surface area contributed by atoms with Crippen LogP contribution >= 0.6 is 0 Å². The van der Waals surface area contributed by atoms with Gasteiger partial charge in [0.15, 0.2) is 0 Å². The van der Waals surface area contributed by atoms with E-state index in [1.807, 2.05) is 13.8 Å². The Labute approximate surface area is 142 Å². The van der Waals surface area contributed by atoms with E-state index in [0.29, 0.717) is 23.8 Å². The predicted octanol–water partition coefficient (Wildman–Crippen LogP) is 4.19. The lowest BCUT2D eigenvalue weighted by Gasteiger charge is -2.11. The zero-order valence-corrected chi connectivity index (χ0v) is 14.6. The van der Waals surface area contributed by atoms with Crippen LogP contribution in [-0.2, 0) is 16.6 Å². The second kappa shape index (κ2) is 8.15. The fraction of sp³-hybridized carbons (Fsp3) is 0.333. The zero-order chi connectivity index (χ0) is 17.6. The maximum Gasteiger partial charge on any atom is 0.232 e. The Morgan fingerprint density at radius 1 is 1.12 bits per heavy atom. The van der Waals surface area contributed by atoms with Gasteiger partial charge in [-0.3, -0.25) is 4.72 Å². The fourth-order valence-electron chi connectivity index (χ4n) is 2.02. The molecule has 0 amide bonds. The number of nitrogens with one attached hydrogen (secondary N) is 1. The number of benzene rings is 2. The first-order valence-electron chi connectivity index (χ1n) is 7.82. The molecular formula is C18H22FNO3S. The third-order valence-electron chi connectivity index (χ3n) is 3.39. The third-order valence-corrected chi connectivity index (χ3v) is 4.71. The molecule has 4 nitrogen and oxygen atoms in total. The van der Waals surface area contributed by atoms with Crippen LogP contribution in [0.4, 0.5) is 10.1 Å². The first-order chi connectivity index (χ1) is 11.3. The van der Waals surface area contributed by atoms with Crippen LogP contribution in [0.1, 0.15) is 25.8 Å². The minimum atomic E-state index is -3.37. The van der Waals surface area contributed by atoms with Crippen molar-refractivity contribution in [3.8, 4) is 5.75 Å². The average molecular weight is 351 g/mol. The molecule has 2 rings (SSSR count). The molecule has 0 saturated heterocycles. The van der Waals surface area contributed by atoms with E-state index >= 15 is 0 Å². The Morgan fingerprint density at radius 3 is 2.50 bits per heavy atom. The molecule has 0 fully saturated rings. The molecule has 0 spiro atoms. The highest BCUT2D eigenvalue weighted by Gasteiger charge is 2.11. The maximum atomic E-state index is 12.9. The molecule has 0 radical (unpaired) electrons. The molecule has 2 aromatic rings. The smallest absolute Gasteiger partial charge is 0.232 e. The Kier molecular flexibility index (Phi) is 6.20. The van der Waals surface area contributed by atoms with Crippen molar-refractivity contribution in [3.05, 3.63) is 59.9 Å². The standard InChI is InChI=1S/C18H22FNO3S/c1-14(2)10-11-24(21,22)20-17-4-3-5-18(12-17)23-13-15-6-8-16(19)9-7-15/h3-9,12,14,20H,10-11,13H2,1-2H3. The zero-order valence-electron chi connectivity index (χ0n) is 13.8. The monoisotopic (exact) mass is 351 g/mol. The largest absolute Gasteiger partial charge is 0.489 e. The summed E-state index contributed by atoms with van der Waals surface area (Å²) < 4.78 is 45.1. The molecular weight excluding hydrogens is 329 g/mol. The number of halogens is 1. The van der Waals surface area contributed by atoms with Crippen LogP contribution in [0, 0.1) is 11.7 Å². The van der Waals surface area contributed by atoms with Crippen molar-refractivity contribution >= 4 is 15.7 Å². The molecule has 0 aliphatic rings. The second-order valence-corrected chi connectivity index (χ2v) is 7.89. The lowest BCUT2D eigenvalue weighted by molar-refractivity contribution is 0.306. The summed E-state index contributed by atoms with van der Waals surface area (Å²) in [6.07, 6.45) is 0.607. The van der Waals surface area contributed by atoms with Gasteiger partial charge in [0.25, 0.3) is 0 Å². The molecule has 0 saturated carbocycles. The van der Waals surface area contributed by atoms with Gasteiger partial charge in [0.2, 0.25) is 10.0 Å². The number of anilines is 1. The van der Waals surface area contributed by atoms with Gasteiger partial charge in [0, 0.05) is 6.07 Å². The van der Waals surface area contributed by atoms with Crippen LogP contribution in [-0.4, -0.2) is 14.2 Å². The number of hydrogen-bond acceptors (Lipinski definition) is 3. The highest BCUT2D eigenvalue weighted by Crippen LogP contribution is 2.20. The van der Waals surface area contributed by atoms with Crippen molar-refractivity contribution in [2.75, 3.05) is 10.5 Å². The van der Waals surface area contributed by atoms with E-state index in [4.69, 9.17) is 4.74 Å². The molecule has 0 aliphatic carbocycles. The van der Waals surface area contributed by atoms with Gasteiger partial charge in [-0.1, -0.05) is 32.0 Å². The van der Waals surface area contributed by atoms with E-state index in [9.17, 15) is 12.8 Å². The van der Waals surface area contributed by atoms with Crippen LogP contribution in [0.15, 0.2) is 48.5 Å². The molecule has 6 heteroatoms. The maximum absolute atomic E-state index is 12.9. The first kappa shape index (κ1) is 18.3. The quantitative estimate of drug-likeness (QED) is 0.776. The van der Waals surface area contributed by atoms with Crippen LogP contribution in [0.3, 0.4) is 0 Å². The molecule has 0 atom stereocenters. The van der Waals surface area contributed by atoms with Gasteiger partial charge in [0.05, 0.1) is 11.4 Å². The van der Waals surface area contributed by atoms with E-state index in [2.05, 4.69) is 4.72 Å². The van der Waals surface area contributed by atoms with Gasteiger partial charge in [-0.15, -0.1) is 0 Å². The summed E-state index contributed by atoms with van der Waals surface area (Å²) in [5.41, 5.74) is 1.30.